The molecule has 0 aliphatic carbocycles. The molecule has 8 nitrogen and oxygen atoms in total. The van der Waals surface area contributed by atoms with E-state index in [1.807, 2.05) is 6.07 Å². The van der Waals surface area contributed by atoms with E-state index in [0.29, 0.717) is 16.8 Å². The van der Waals surface area contributed by atoms with Crippen LogP contribution in [0.5, 0.6) is 0 Å². The van der Waals surface area contributed by atoms with Crippen molar-refractivity contribution in [2.45, 2.75) is 25.2 Å². The summed E-state index contributed by atoms with van der Waals surface area (Å²) in [6.45, 7) is -0.781. The molecule has 1 heterocycles. The third-order valence-electron chi connectivity index (χ3n) is 4.97. The Morgan fingerprint density at radius 2 is 1.76 bits per heavy atom. The average Bonchev–Trinajstić information content (AvgIpc) is 2.87. The first-order valence-corrected chi connectivity index (χ1v) is 10.0. The van der Waals surface area contributed by atoms with E-state index in [1.54, 1.807) is 42.5 Å². The topological polar surface area (TPSA) is 108 Å². The molecule has 0 bridgehead atoms. The number of alkyl halides is 3. The van der Waals surface area contributed by atoms with Crippen LogP contribution in [0.25, 0.3) is 11.1 Å². The van der Waals surface area contributed by atoms with Gasteiger partial charge >= 0.3 is 12.3 Å². The fourth-order valence-electron chi connectivity index (χ4n) is 3.50. The highest BCUT2D eigenvalue weighted by Gasteiger charge is 2.36. The van der Waals surface area contributed by atoms with Crippen LogP contribution in [-0.2, 0) is 14.3 Å². The van der Waals surface area contributed by atoms with Crippen LogP contribution < -0.4 is 15.5 Å². The molecule has 11 heteroatoms. The molecule has 0 aromatic heterocycles. The van der Waals surface area contributed by atoms with Gasteiger partial charge in [-0.15, -0.1) is 0 Å². The van der Waals surface area contributed by atoms with E-state index in [4.69, 9.17) is 4.74 Å². The number of carbonyl (C=O) groups is 3. The van der Waals surface area contributed by atoms with Gasteiger partial charge in [-0.05, 0) is 24.1 Å². The molecule has 2 aromatic rings. The number of hydrogen-bond acceptors (Lipinski definition) is 5. The van der Waals surface area contributed by atoms with E-state index in [1.165, 1.54) is 17.1 Å². The number of fused-ring (bicyclic) bond motifs is 3. The Morgan fingerprint density at radius 3 is 2.42 bits per heavy atom. The standard InChI is InChI=1S/C22H22F3N3O5/c1-13(33-21(32)26-12-22(23,24)25)19(30)27-18-16-8-3-2-6-14(16)15-7-4-5-9-17(15)28(10-11-29)20(18)31/h2-9,13,18,29H,10-12H2,1H3,(H,26,32)(H,27,30)/t13-,18-/m0/s1. The Balaban J connectivity index is 1.85. The van der Waals surface area contributed by atoms with Crippen LogP contribution in [0, 0.1) is 0 Å². The Morgan fingerprint density at radius 1 is 1.12 bits per heavy atom. The van der Waals surface area contributed by atoms with Crippen molar-refractivity contribution in [3.63, 3.8) is 0 Å². The van der Waals surface area contributed by atoms with Crippen molar-refractivity contribution in [3.05, 3.63) is 54.1 Å². The molecule has 0 spiro atoms. The number of ether oxygens (including phenoxy) is 1. The number of nitrogens with zero attached hydrogens (tertiary/aromatic N) is 1. The lowest BCUT2D eigenvalue weighted by molar-refractivity contribution is -0.133. The summed E-state index contributed by atoms with van der Waals surface area (Å²) in [4.78, 5) is 39.0. The smallest absolute Gasteiger partial charge is 0.408 e. The molecule has 2 aromatic carbocycles. The van der Waals surface area contributed by atoms with Gasteiger partial charge in [0.15, 0.2) is 6.10 Å². The monoisotopic (exact) mass is 465 g/mol. The number of benzene rings is 2. The van der Waals surface area contributed by atoms with Crippen molar-refractivity contribution in [1.82, 2.24) is 10.6 Å². The van der Waals surface area contributed by atoms with Crippen molar-refractivity contribution in [2.24, 2.45) is 0 Å². The highest BCUT2D eigenvalue weighted by molar-refractivity contribution is 6.06. The molecule has 1 aliphatic heterocycles. The van der Waals surface area contributed by atoms with E-state index in [0.717, 1.165) is 5.56 Å². The van der Waals surface area contributed by atoms with Gasteiger partial charge < -0.3 is 25.4 Å². The lowest BCUT2D eigenvalue weighted by Gasteiger charge is -2.26. The fourth-order valence-corrected chi connectivity index (χ4v) is 3.50. The van der Waals surface area contributed by atoms with Crippen molar-refractivity contribution >= 4 is 23.6 Å². The number of halogens is 3. The van der Waals surface area contributed by atoms with Gasteiger partial charge in [0.1, 0.15) is 12.6 Å². The summed E-state index contributed by atoms with van der Waals surface area (Å²) in [6, 6.07) is 12.8. The van der Waals surface area contributed by atoms with Crippen LogP contribution in [0.2, 0.25) is 0 Å². The second-order valence-corrected chi connectivity index (χ2v) is 7.28. The lowest BCUT2D eigenvalue weighted by Crippen LogP contribution is -2.47. The molecule has 2 atom stereocenters. The van der Waals surface area contributed by atoms with E-state index in [-0.39, 0.29) is 13.2 Å². The molecule has 3 N–H and O–H groups in total. The molecular weight excluding hydrogens is 443 g/mol. The average molecular weight is 465 g/mol. The van der Waals surface area contributed by atoms with Gasteiger partial charge in [0.25, 0.3) is 11.8 Å². The number of aliphatic hydroxyl groups excluding tert-OH is 1. The maximum absolute atomic E-state index is 13.4. The van der Waals surface area contributed by atoms with Crippen LogP contribution in [0.1, 0.15) is 18.5 Å². The van der Waals surface area contributed by atoms with E-state index < -0.39 is 42.8 Å². The quantitative estimate of drug-likeness (QED) is 0.608. The molecular formula is C22H22F3N3O5. The summed E-state index contributed by atoms with van der Waals surface area (Å²) < 4.78 is 41.5. The fraction of sp³-hybridized carbons (Fsp3) is 0.318. The van der Waals surface area contributed by atoms with Crippen molar-refractivity contribution in [2.75, 3.05) is 24.6 Å². The summed E-state index contributed by atoms with van der Waals surface area (Å²) in [5, 5.41) is 13.5. The number of aliphatic hydroxyl groups is 1. The van der Waals surface area contributed by atoms with Gasteiger partial charge in [0.05, 0.1) is 12.3 Å². The summed E-state index contributed by atoms with van der Waals surface area (Å²) in [6.07, 6.45) is -7.53. The Hall–Kier alpha value is -3.60. The molecule has 0 saturated carbocycles. The second-order valence-electron chi connectivity index (χ2n) is 7.28. The zero-order valence-corrected chi connectivity index (χ0v) is 17.6. The number of hydrogen-bond donors (Lipinski definition) is 3. The minimum absolute atomic E-state index is 0.0257. The van der Waals surface area contributed by atoms with Crippen LogP contribution >= 0.6 is 0 Å². The zero-order chi connectivity index (χ0) is 24.2. The number of amides is 3. The van der Waals surface area contributed by atoms with Crippen molar-refractivity contribution < 1.29 is 37.4 Å². The van der Waals surface area contributed by atoms with Gasteiger partial charge in [-0.3, -0.25) is 9.59 Å². The minimum Gasteiger partial charge on any atom is -0.436 e. The molecule has 0 radical (unpaired) electrons. The van der Waals surface area contributed by atoms with Gasteiger partial charge in [-0.25, -0.2) is 4.79 Å². The normalized spacial score (nSPS) is 16.2. The zero-order valence-electron chi connectivity index (χ0n) is 17.6. The van der Waals surface area contributed by atoms with Crippen LogP contribution in [0.15, 0.2) is 48.5 Å². The van der Waals surface area contributed by atoms with E-state index >= 15 is 0 Å². The molecule has 1 aliphatic rings. The molecule has 0 saturated heterocycles. The minimum atomic E-state index is -4.63. The van der Waals surface area contributed by atoms with E-state index in [9.17, 15) is 32.7 Å². The van der Waals surface area contributed by atoms with Crippen LogP contribution in [0.3, 0.4) is 0 Å². The molecule has 0 unspecified atom stereocenters. The number of anilines is 1. The summed E-state index contributed by atoms with van der Waals surface area (Å²) in [7, 11) is 0. The molecule has 0 fully saturated rings. The van der Waals surface area contributed by atoms with Gasteiger partial charge in [-0.2, -0.15) is 13.2 Å². The number of β-amino-alcohol motifs (C(OH)–C–C–N with tert-alkyl or cyclic N) is 1. The Labute approximate surface area is 187 Å². The summed E-state index contributed by atoms with van der Waals surface area (Å²) >= 11 is 0. The number of alkyl carbamates (subject to hydrolysis) is 1. The number of nitrogens with one attached hydrogen (secondary N) is 2. The van der Waals surface area contributed by atoms with Gasteiger partial charge in [0, 0.05) is 12.1 Å². The molecule has 3 amide bonds. The van der Waals surface area contributed by atoms with Crippen LogP contribution in [-0.4, -0.2) is 55.0 Å². The summed E-state index contributed by atoms with van der Waals surface area (Å²) in [5.41, 5.74) is 2.44. The summed E-state index contributed by atoms with van der Waals surface area (Å²) in [5.74, 6) is -1.40. The van der Waals surface area contributed by atoms with Crippen LogP contribution in [0.4, 0.5) is 23.7 Å². The Kier molecular flexibility index (Phi) is 7.22. The van der Waals surface area contributed by atoms with Gasteiger partial charge in [-0.1, -0.05) is 42.5 Å². The van der Waals surface area contributed by atoms with Gasteiger partial charge in [0.2, 0.25) is 0 Å². The van der Waals surface area contributed by atoms with E-state index in [2.05, 4.69) is 5.32 Å². The predicted octanol–water partition coefficient (Wildman–Crippen LogP) is 2.53. The highest BCUT2D eigenvalue weighted by atomic mass is 19.4. The highest BCUT2D eigenvalue weighted by Crippen LogP contribution is 2.40. The largest absolute Gasteiger partial charge is 0.436 e. The first kappa shape index (κ1) is 24.1. The third kappa shape index (κ3) is 5.61. The second kappa shape index (κ2) is 9.90. The molecule has 3 rings (SSSR count). The first-order chi connectivity index (χ1) is 15.6. The molecule has 176 valence electrons. The maximum atomic E-state index is 13.4. The first-order valence-electron chi connectivity index (χ1n) is 10.0. The lowest BCUT2D eigenvalue weighted by atomic mass is 9.95. The predicted molar refractivity (Wildman–Crippen MR) is 112 cm³/mol. The SMILES string of the molecule is C[C@H](OC(=O)NCC(F)(F)F)C(=O)N[C@@H]1C(=O)N(CCO)c2ccccc2-c2ccccc21. The molecule has 33 heavy (non-hydrogen) atoms. The Bertz CT molecular complexity index is 1040. The number of carbonyl (C=O) groups excluding carboxylic acids is 3. The van der Waals surface area contributed by atoms with Crippen molar-refractivity contribution in [3.8, 4) is 11.1 Å². The van der Waals surface area contributed by atoms with Crippen molar-refractivity contribution in [1.29, 1.82) is 0 Å². The number of para-hydroxylation sites is 1. The third-order valence-corrected chi connectivity index (χ3v) is 4.97. The number of rotatable bonds is 6. The maximum Gasteiger partial charge on any atom is 0.408 e.